The van der Waals surface area contributed by atoms with Crippen molar-refractivity contribution in [3.05, 3.63) is 65.5 Å². The third kappa shape index (κ3) is 2.82. The van der Waals surface area contributed by atoms with Gasteiger partial charge in [-0.05, 0) is 36.6 Å². The van der Waals surface area contributed by atoms with Crippen molar-refractivity contribution in [2.45, 2.75) is 18.7 Å². The van der Waals surface area contributed by atoms with E-state index in [9.17, 15) is 9.59 Å². The molecule has 5 nitrogen and oxygen atoms in total. The van der Waals surface area contributed by atoms with Crippen LogP contribution >= 0.6 is 11.9 Å². The van der Waals surface area contributed by atoms with Crippen LogP contribution in [-0.4, -0.2) is 21.2 Å². The minimum Gasteiger partial charge on any atom is -0.330 e. The number of carbonyl (C=O) groups is 2. The molecule has 2 heterocycles. The first kappa shape index (κ1) is 14.6. The fourth-order valence-electron chi connectivity index (χ4n) is 2.26. The lowest BCUT2D eigenvalue weighted by atomic mass is 10.1. The van der Waals surface area contributed by atoms with E-state index in [1.54, 1.807) is 18.3 Å². The van der Waals surface area contributed by atoms with E-state index < -0.39 is 6.03 Å². The number of carbonyl (C=O) groups excluding carboxylic acids is 2. The van der Waals surface area contributed by atoms with Crippen molar-refractivity contribution in [1.82, 2.24) is 14.6 Å². The van der Waals surface area contributed by atoms with Gasteiger partial charge in [-0.3, -0.25) is 9.78 Å². The number of amides is 3. The maximum absolute atomic E-state index is 12.4. The molecule has 112 valence electrons. The first-order chi connectivity index (χ1) is 10.7. The second kappa shape index (κ2) is 6.19. The number of pyridine rings is 1. The van der Waals surface area contributed by atoms with Gasteiger partial charge in [0.05, 0.1) is 23.1 Å². The molecule has 1 aliphatic heterocycles. The zero-order valence-corrected chi connectivity index (χ0v) is 12.8. The average molecular weight is 313 g/mol. The lowest BCUT2D eigenvalue weighted by molar-refractivity contribution is 0.0888. The molecule has 0 saturated carbocycles. The number of hydrogen-bond donors (Lipinski definition) is 1. The molecule has 0 bridgehead atoms. The van der Waals surface area contributed by atoms with Crippen LogP contribution in [0.3, 0.4) is 0 Å². The summed E-state index contributed by atoms with van der Waals surface area (Å²) in [6, 6.07) is 12.5. The molecular weight excluding hydrogens is 298 g/mol. The maximum atomic E-state index is 12.4. The number of hydrogen-bond acceptors (Lipinski definition) is 4. The fraction of sp³-hybridized carbons (Fsp3) is 0.188. The van der Waals surface area contributed by atoms with E-state index in [1.807, 2.05) is 37.3 Å². The van der Waals surface area contributed by atoms with Gasteiger partial charge >= 0.3 is 6.03 Å². The topological polar surface area (TPSA) is 62.3 Å². The molecule has 0 fully saturated rings. The molecule has 22 heavy (non-hydrogen) atoms. The van der Waals surface area contributed by atoms with Gasteiger partial charge in [-0.25, -0.2) is 4.79 Å². The summed E-state index contributed by atoms with van der Waals surface area (Å²) in [4.78, 5) is 28.9. The Morgan fingerprint density at radius 3 is 2.82 bits per heavy atom. The third-order valence-corrected chi connectivity index (χ3v) is 4.45. The highest BCUT2D eigenvalue weighted by Gasteiger charge is 2.31. The Morgan fingerprint density at radius 2 is 2.05 bits per heavy atom. The Bertz CT molecular complexity index is 706. The van der Waals surface area contributed by atoms with E-state index in [4.69, 9.17) is 0 Å². The number of urea groups is 1. The lowest BCUT2D eigenvalue weighted by Gasteiger charge is -2.26. The molecule has 1 atom stereocenters. The maximum Gasteiger partial charge on any atom is 0.335 e. The van der Waals surface area contributed by atoms with Crippen LogP contribution in [0.15, 0.2) is 48.7 Å². The number of nitrogens with zero attached hydrogens (tertiary/aromatic N) is 2. The van der Waals surface area contributed by atoms with Gasteiger partial charge in [-0.1, -0.05) is 30.3 Å². The smallest absolute Gasteiger partial charge is 0.330 e. The first-order valence-electron chi connectivity index (χ1n) is 6.93. The monoisotopic (exact) mass is 313 g/mol. The molecule has 0 radical (unpaired) electrons. The number of rotatable bonds is 2. The second-order valence-electron chi connectivity index (χ2n) is 4.95. The summed E-state index contributed by atoms with van der Waals surface area (Å²) in [7, 11) is 0. The van der Waals surface area contributed by atoms with Crippen molar-refractivity contribution in [3.63, 3.8) is 0 Å². The molecule has 0 aliphatic carbocycles. The normalized spacial score (nSPS) is 15.1. The summed E-state index contributed by atoms with van der Waals surface area (Å²) in [6.07, 6.45) is 1.65. The Kier molecular flexibility index (Phi) is 4.11. The van der Waals surface area contributed by atoms with Crippen LogP contribution in [0.1, 0.15) is 34.6 Å². The lowest BCUT2D eigenvalue weighted by Crippen LogP contribution is -2.42. The summed E-state index contributed by atoms with van der Waals surface area (Å²) < 4.78 is 1.17. The van der Waals surface area contributed by atoms with Crippen LogP contribution in [-0.2, 0) is 5.75 Å². The van der Waals surface area contributed by atoms with Crippen molar-refractivity contribution >= 4 is 23.9 Å². The first-order valence-corrected chi connectivity index (χ1v) is 7.88. The predicted octanol–water partition coefficient (Wildman–Crippen LogP) is 3.16. The van der Waals surface area contributed by atoms with Crippen molar-refractivity contribution in [1.29, 1.82) is 0 Å². The quantitative estimate of drug-likeness (QED) is 0.865. The zero-order chi connectivity index (χ0) is 15.5. The van der Waals surface area contributed by atoms with Crippen LogP contribution < -0.4 is 5.32 Å². The molecule has 3 amide bonds. The van der Waals surface area contributed by atoms with E-state index in [0.717, 1.165) is 11.3 Å². The highest BCUT2D eigenvalue weighted by molar-refractivity contribution is 7.97. The molecule has 0 spiro atoms. The van der Waals surface area contributed by atoms with E-state index in [0.29, 0.717) is 11.3 Å². The van der Waals surface area contributed by atoms with Gasteiger partial charge in [0.1, 0.15) is 0 Å². The molecule has 6 heteroatoms. The van der Waals surface area contributed by atoms with Crippen molar-refractivity contribution < 1.29 is 9.59 Å². The number of fused-ring (bicyclic) bond motifs is 1. The van der Waals surface area contributed by atoms with Crippen LogP contribution in [0, 0.1) is 0 Å². The molecular formula is C16H15N3O2S. The zero-order valence-electron chi connectivity index (χ0n) is 12.0. The van der Waals surface area contributed by atoms with E-state index >= 15 is 0 Å². The van der Waals surface area contributed by atoms with Gasteiger partial charge in [0.2, 0.25) is 0 Å². The Labute approximate surface area is 132 Å². The summed E-state index contributed by atoms with van der Waals surface area (Å²) >= 11 is 1.17. The second-order valence-corrected chi connectivity index (χ2v) is 5.86. The highest BCUT2D eigenvalue weighted by atomic mass is 32.2. The van der Waals surface area contributed by atoms with Gasteiger partial charge < -0.3 is 5.32 Å². The fourth-order valence-corrected chi connectivity index (χ4v) is 3.13. The standard InChI is InChI=1S/C16H15N3O2S/c1-11(12-6-3-2-4-7-12)18-16(21)19-15(20)13-8-5-9-17-14(13)10-22-19/h2-9,11H,10H2,1H3,(H,18,21). The Hall–Kier alpha value is -2.34. The van der Waals surface area contributed by atoms with E-state index in [1.165, 1.54) is 16.3 Å². The molecule has 2 aromatic rings. The largest absolute Gasteiger partial charge is 0.335 e. The summed E-state index contributed by atoms with van der Waals surface area (Å²) in [5, 5.41) is 2.85. The minimum atomic E-state index is -0.402. The molecule has 1 unspecified atom stereocenters. The van der Waals surface area contributed by atoms with Gasteiger partial charge in [0.25, 0.3) is 5.91 Å². The molecule has 1 N–H and O–H groups in total. The molecule has 1 aliphatic rings. The Balaban J connectivity index is 1.73. The third-order valence-electron chi connectivity index (χ3n) is 3.46. The van der Waals surface area contributed by atoms with Crippen molar-refractivity contribution in [2.75, 3.05) is 0 Å². The van der Waals surface area contributed by atoms with Crippen molar-refractivity contribution in [3.8, 4) is 0 Å². The van der Waals surface area contributed by atoms with E-state index in [-0.39, 0.29) is 11.9 Å². The van der Waals surface area contributed by atoms with Gasteiger partial charge in [-0.15, -0.1) is 0 Å². The van der Waals surface area contributed by atoms with Gasteiger partial charge in [0, 0.05) is 6.20 Å². The highest BCUT2D eigenvalue weighted by Crippen LogP contribution is 2.28. The Morgan fingerprint density at radius 1 is 1.27 bits per heavy atom. The number of imide groups is 1. The minimum absolute atomic E-state index is 0.169. The van der Waals surface area contributed by atoms with Crippen LogP contribution in [0.5, 0.6) is 0 Å². The van der Waals surface area contributed by atoms with Gasteiger partial charge in [0.15, 0.2) is 0 Å². The summed E-state index contributed by atoms with van der Waals surface area (Å²) in [6.45, 7) is 1.89. The molecule has 1 aromatic heterocycles. The number of aromatic nitrogens is 1. The van der Waals surface area contributed by atoms with Gasteiger partial charge in [-0.2, -0.15) is 4.31 Å². The molecule has 0 saturated heterocycles. The van der Waals surface area contributed by atoms with Crippen molar-refractivity contribution in [2.24, 2.45) is 0 Å². The molecule has 1 aromatic carbocycles. The van der Waals surface area contributed by atoms with Crippen LogP contribution in [0.4, 0.5) is 4.79 Å². The number of nitrogens with one attached hydrogen (secondary N) is 1. The number of benzene rings is 1. The van der Waals surface area contributed by atoms with E-state index in [2.05, 4.69) is 10.3 Å². The van der Waals surface area contributed by atoms with Crippen LogP contribution in [0.25, 0.3) is 0 Å². The predicted molar refractivity (Wildman–Crippen MR) is 85.1 cm³/mol. The summed E-state index contributed by atoms with van der Waals surface area (Å²) in [5.41, 5.74) is 2.20. The SMILES string of the molecule is CC(NC(=O)N1SCc2ncccc2C1=O)c1ccccc1. The summed E-state index contributed by atoms with van der Waals surface area (Å²) in [5.74, 6) is 0.187. The van der Waals surface area contributed by atoms with Crippen LogP contribution in [0.2, 0.25) is 0 Å². The average Bonchev–Trinajstić information content (AvgIpc) is 2.56. The molecule has 3 rings (SSSR count).